The zero-order valence-electron chi connectivity index (χ0n) is 22.2. The van der Waals surface area contributed by atoms with Gasteiger partial charge in [0.05, 0.1) is 18.8 Å². The Morgan fingerprint density at radius 1 is 1.11 bits per heavy atom. The summed E-state index contributed by atoms with van der Waals surface area (Å²) in [6, 6.07) is 11.6. The van der Waals surface area contributed by atoms with E-state index in [1.54, 1.807) is 19.2 Å². The predicted molar refractivity (Wildman–Crippen MR) is 143 cm³/mol. The van der Waals surface area contributed by atoms with Crippen LogP contribution >= 0.6 is 0 Å². The molecule has 202 valence electrons. The first-order chi connectivity index (χ1) is 18.6. The van der Waals surface area contributed by atoms with Gasteiger partial charge in [0.25, 0.3) is 0 Å². The molecular weight excluding hydrogens is 482 g/mol. The van der Waals surface area contributed by atoms with E-state index < -0.39 is 0 Å². The van der Waals surface area contributed by atoms with Gasteiger partial charge in [-0.15, -0.1) is 0 Å². The van der Waals surface area contributed by atoms with Crippen LogP contribution in [-0.2, 0) is 26.0 Å². The number of aryl methyl sites for hydroxylation is 1. The lowest BCUT2D eigenvalue weighted by Crippen LogP contribution is -2.65. The van der Waals surface area contributed by atoms with Gasteiger partial charge in [0.1, 0.15) is 18.8 Å². The maximum Gasteiger partial charge on any atom is 0.338 e. The molecule has 1 spiro atoms. The van der Waals surface area contributed by atoms with E-state index in [1.165, 1.54) is 16.7 Å². The van der Waals surface area contributed by atoms with Crippen LogP contribution in [0.15, 0.2) is 48.6 Å². The fourth-order valence-corrected chi connectivity index (χ4v) is 6.94. The summed E-state index contributed by atoms with van der Waals surface area (Å²) >= 11 is 0. The van der Waals surface area contributed by atoms with Crippen LogP contribution in [0, 0.1) is 12.8 Å². The van der Waals surface area contributed by atoms with Gasteiger partial charge >= 0.3 is 5.97 Å². The normalized spacial score (nSPS) is 27.9. The molecule has 0 amide bonds. The summed E-state index contributed by atoms with van der Waals surface area (Å²) in [6.07, 6.45) is 7.93. The zero-order chi connectivity index (χ0) is 26.1. The van der Waals surface area contributed by atoms with Crippen molar-refractivity contribution in [2.24, 2.45) is 5.92 Å². The summed E-state index contributed by atoms with van der Waals surface area (Å²) in [5.41, 5.74) is 4.50. The third-order valence-electron chi connectivity index (χ3n) is 8.63. The van der Waals surface area contributed by atoms with E-state index in [-0.39, 0.29) is 23.6 Å². The van der Waals surface area contributed by atoms with Gasteiger partial charge in [0, 0.05) is 36.7 Å². The van der Waals surface area contributed by atoms with E-state index in [1.807, 2.05) is 18.2 Å². The van der Waals surface area contributed by atoms with Crippen LogP contribution in [0.2, 0.25) is 0 Å². The van der Waals surface area contributed by atoms with Gasteiger partial charge in [-0.25, -0.2) is 4.79 Å². The maximum absolute atomic E-state index is 12.2. The number of nitrogens with one attached hydrogen (secondary N) is 1. The van der Waals surface area contributed by atoms with Crippen molar-refractivity contribution in [3.63, 3.8) is 0 Å². The number of carbonyl (C=O) groups is 1. The Morgan fingerprint density at radius 2 is 1.95 bits per heavy atom. The molecule has 7 nitrogen and oxygen atoms in total. The molecule has 0 radical (unpaired) electrons. The van der Waals surface area contributed by atoms with E-state index >= 15 is 0 Å². The number of ether oxygens (including phenoxy) is 5. The lowest BCUT2D eigenvalue weighted by molar-refractivity contribution is -0.0544. The fourth-order valence-electron chi connectivity index (χ4n) is 6.94. The summed E-state index contributed by atoms with van der Waals surface area (Å²) in [7, 11) is 1.69. The number of piperidine rings is 1. The SMILES string of the molecule is COCCOc1cc(C)c2c3c1O[C@H]1[C@@H](OCCCCOC(=O)c4ccccc4)C=C[C@H]4[C@@H](C2)NCC[C@@]341. The Kier molecular flexibility index (Phi) is 7.16. The van der Waals surface area contributed by atoms with Crippen molar-refractivity contribution >= 4 is 5.97 Å². The average molecular weight is 520 g/mol. The van der Waals surface area contributed by atoms with Gasteiger partial charge in [0.15, 0.2) is 11.5 Å². The highest BCUT2D eigenvalue weighted by molar-refractivity contribution is 5.89. The number of hydrogen-bond donors (Lipinski definition) is 1. The van der Waals surface area contributed by atoms with Crippen LogP contribution in [0.5, 0.6) is 11.5 Å². The van der Waals surface area contributed by atoms with Gasteiger partial charge in [-0.2, -0.15) is 0 Å². The average Bonchev–Trinajstić information content (AvgIpc) is 3.27. The monoisotopic (exact) mass is 519 g/mol. The van der Waals surface area contributed by atoms with Crippen LogP contribution in [0.4, 0.5) is 0 Å². The Hall–Kier alpha value is -2.87. The van der Waals surface area contributed by atoms with Crippen LogP contribution < -0.4 is 14.8 Å². The molecule has 2 aliphatic heterocycles. The van der Waals surface area contributed by atoms with Crippen LogP contribution in [0.1, 0.15) is 46.3 Å². The molecule has 0 aromatic heterocycles. The van der Waals surface area contributed by atoms with Gasteiger partial charge in [0.2, 0.25) is 0 Å². The summed E-state index contributed by atoms with van der Waals surface area (Å²) in [4.78, 5) is 12.2. The Balaban J connectivity index is 1.14. The molecule has 0 unspecified atom stereocenters. The molecule has 1 N–H and O–H groups in total. The minimum absolute atomic E-state index is 0.0846. The molecule has 0 saturated carbocycles. The second-order valence-corrected chi connectivity index (χ2v) is 10.8. The topological polar surface area (TPSA) is 75.2 Å². The van der Waals surface area contributed by atoms with Gasteiger partial charge in [-0.05, 0) is 68.5 Å². The molecule has 1 saturated heterocycles. The number of rotatable bonds is 11. The van der Waals surface area contributed by atoms with Gasteiger partial charge in [-0.1, -0.05) is 30.4 Å². The number of unbranched alkanes of at least 4 members (excludes halogenated alkanes) is 1. The molecule has 4 aliphatic rings. The number of hydrogen-bond acceptors (Lipinski definition) is 7. The van der Waals surface area contributed by atoms with Crippen LogP contribution in [-0.4, -0.2) is 64.3 Å². The maximum atomic E-state index is 12.2. The molecule has 2 aromatic carbocycles. The Morgan fingerprint density at radius 3 is 2.79 bits per heavy atom. The van der Waals surface area contributed by atoms with E-state index in [0.717, 1.165) is 43.7 Å². The second kappa shape index (κ2) is 10.7. The largest absolute Gasteiger partial charge is 0.487 e. The molecule has 1 fully saturated rings. The summed E-state index contributed by atoms with van der Waals surface area (Å²) in [5.74, 6) is 1.82. The quantitative estimate of drug-likeness (QED) is 0.272. The Labute approximate surface area is 224 Å². The smallest absolute Gasteiger partial charge is 0.338 e. The molecule has 7 heteroatoms. The second-order valence-electron chi connectivity index (χ2n) is 10.8. The molecule has 2 aliphatic carbocycles. The van der Waals surface area contributed by atoms with Crippen molar-refractivity contribution in [2.45, 2.75) is 56.3 Å². The minimum atomic E-state index is -0.281. The van der Waals surface area contributed by atoms with Crippen molar-refractivity contribution < 1.29 is 28.5 Å². The first-order valence-corrected chi connectivity index (χ1v) is 13.8. The Bertz CT molecular complexity index is 1200. The summed E-state index contributed by atoms with van der Waals surface area (Å²) in [5, 5.41) is 3.78. The summed E-state index contributed by atoms with van der Waals surface area (Å²) in [6.45, 7) is 5.15. The molecule has 38 heavy (non-hydrogen) atoms. The molecule has 2 heterocycles. The van der Waals surface area contributed by atoms with Crippen LogP contribution in [0.25, 0.3) is 0 Å². The number of methoxy groups -OCH3 is 1. The zero-order valence-corrected chi connectivity index (χ0v) is 22.2. The molecule has 2 bridgehead atoms. The van der Waals surface area contributed by atoms with Crippen molar-refractivity contribution in [1.29, 1.82) is 0 Å². The first kappa shape index (κ1) is 25.4. The van der Waals surface area contributed by atoms with Gasteiger partial charge < -0.3 is 29.0 Å². The van der Waals surface area contributed by atoms with Crippen LogP contribution in [0.3, 0.4) is 0 Å². The van der Waals surface area contributed by atoms with Crippen molar-refractivity contribution in [1.82, 2.24) is 5.32 Å². The number of benzene rings is 2. The predicted octanol–water partition coefficient (Wildman–Crippen LogP) is 4.15. The number of esters is 1. The molecule has 2 aromatic rings. The third kappa shape index (κ3) is 4.31. The minimum Gasteiger partial charge on any atom is -0.487 e. The van der Waals surface area contributed by atoms with E-state index in [0.29, 0.717) is 44.0 Å². The molecular formula is C31H37NO6. The number of carbonyl (C=O) groups excluding carboxylic acids is 1. The highest BCUT2D eigenvalue weighted by Gasteiger charge is 2.64. The highest BCUT2D eigenvalue weighted by Crippen LogP contribution is 2.62. The molecule has 5 atom stereocenters. The highest BCUT2D eigenvalue weighted by atomic mass is 16.6. The lowest BCUT2D eigenvalue weighted by atomic mass is 9.53. The van der Waals surface area contributed by atoms with Crippen molar-refractivity contribution in [2.75, 3.05) is 40.1 Å². The third-order valence-corrected chi connectivity index (χ3v) is 8.63. The molecule has 6 rings (SSSR count). The fraction of sp³-hybridized carbons (Fsp3) is 0.516. The van der Waals surface area contributed by atoms with Crippen molar-refractivity contribution in [3.8, 4) is 11.5 Å². The standard InChI is InChI=1S/C31H37NO6/c1-20-18-26(36-17-16-34-2)28-27-22(20)19-24-23-10-11-25(29(38-28)31(23,27)12-13-32-24)35-14-6-7-15-37-30(33)21-8-4-3-5-9-21/h3-5,8-11,18,23-25,29,32H,6-7,12-17,19H2,1-2H3/t23-,24+,25-,29-,31-/m0/s1. The van der Waals surface area contributed by atoms with E-state index in [4.69, 9.17) is 23.7 Å². The van der Waals surface area contributed by atoms with E-state index in [9.17, 15) is 4.79 Å². The summed E-state index contributed by atoms with van der Waals surface area (Å²) < 4.78 is 30.1. The lowest BCUT2D eigenvalue weighted by Gasteiger charge is -2.54. The van der Waals surface area contributed by atoms with Crippen molar-refractivity contribution in [3.05, 3.63) is 70.8 Å². The van der Waals surface area contributed by atoms with E-state index in [2.05, 4.69) is 30.5 Å². The van der Waals surface area contributed by atoms with Gasteiger partial charge in [-0.3, -0.25) is 0 Å². The first-order valence-electron chi connectivity index (χ1n) is 13.8.